The fourth-order valence-corrected chi connectivity index (χ4v) is 3.09. The van der Waals surface area contributed by atoms with E-state index in [0.717, 1.165) is 34.9 Å². The second-order valence-corrected chi connectivity index (χ2v) is 6.90. The highest BCUT2D eigenvalue weighted by molar-refractivity contribution is 9.09. The summed E-state index contributed by atoms with van der Waals surface area (Å²) in [6, 6.07) is 3.89. The van der Waals surface area contributed by atoms with E-state index in [2.05, 4.69) is 36.7 Å². The van der Waals surface area contributed by atoms with Crippen molar-refractivity contribution >= 4 is 27.5 Å². The Morgan fingerprint density at radius 1 is 1.26 bits per heavy atom. The second-order valence-electron chi connectivity index (χ2n) is 5.58. The van der Waals surface area contributed by atoms with E-state index in [0.29, 0.717) is 13.2 Å². The zero-order valence-electron chi connectivity index (χ0n) is 11.6. The summed E-state index contributed by atoms with van der Waals surface area (Å²) < 4.78 is 11.4. The van der Waals surface area contributed by atoms with Gasteiger partial charge < -0.3 is 9.47 Å². The van der Waals surface area contributed by atoms with Crippen molar-refractivity contribution < 1.29 is 9.47 Å². The number of fused-ring (bicyclic) bond motifs is 1. The van der Waals surface area contributed by atoms with Crippen LogP contribution in [0.1, 0.15) is 44.0 Å². The van der Waals surface area contributed by atoms with Gasteiger partial charge in [-0.15, -0.1) is 0 Å². The van der Waals surface area contributed by atoms with Gasteiger partial charge in [0.05, 0.1) is 13.2 Å². The van der Waals surface area contributed by atoms with Crippen LogP contribution in [0, 0.1) is 5.41 Å². The highest BCUT2D eigenvalue weighted by Crippen LogP contribution is 2.48. The lowest BCUT2D eigenvalue weighted by molar-refractivity contribution is 0.296. The first-order valence-electron chi connectivity index (χ1n) is 6.69. The van der Waals surface area contributed by atoms with Gasteiger partial charge in [-0.1, -0.05) is 48.3 Å². The van der Waals surface area contributed by atoms with Gasteiger partial charge in [0.2, 0.25) is 0 Å². The summed E-state index contributed by atoms with van der Waals surface area (Å²) >= 11 is 10.2. The molecule has 0 amide bonds. The summed E-state index contributed by atoms with van der Waals surface area (Å²) in [4.78, 5) is 0.189. The zero-order chi connectivity index (χ0) is 14.0. The van der Waals surface area contributed by atoms with Gasteiger partial charge in [-0.2, -0.15) is 0 Å². The number of alkyl halides is 1. The molecular formula is C15H20BrClO2. The Labute approximate surface area is 128 Å². The smallest absolute Gasteiger partial charge is 0.162 e. The molecule has 1 heterocycles. The van der Waals surface area contributed by atoms with Gasteiger partial charge in [-0.3, -0.25) is 0 Å². The van der Waals surface area contributed by atoms with Crippen LogP contribution in [0.25, 0.3) is 0 Å². The Hall–Kier alpha value is -0.410. The minimum absolute atomic E-state index is 0.128. The molecule has 2 rings (SSSR count). The minimum Gasteiger partial charge on any atom is -0.490 e. The molecule has 0 saturated carbocycles. The number of hydrogen-bond acceptors (Lipinski definition) is 2. The Bertz CT molecular complexity index is 460. The van der Waals surface area contributed by atoms with Crippen molar-refractivity contribution in [2.75, 3.05) is 13.2 Å². The molecule has 1 aromatic carbocycles. The molecular weight excluding hydrogens is 328 g/mol. The van der Waals surface area contributed by atoms with Crippen LogP contribution >= 0.6 is 27.5 Å². The molecule has 106 valence electrons. The van der Waals surface area contributed by atoms with Gasteiger partial charge in [0, 0.05) is 22.3 Å². The first kappa shape index (κ1) is 15.0. The Kier molecular flexibility index (Phi) is 4.67. The summed E-state index contributed by atoms with van der Waals surface area (Å²) in [5.41, 5.74) is 1.20. The molecule has 0 aromatic heterocycles. The van der Waals surface area contributed by atoms with Crippen LogP contribution < -0.4 is 9.47 Å². The second kappa shape index (κ2) is 5.92. The van der Waals surface area contributed by atoms with E-state index < -0.39 is 0 Å². The average molecular weight is 348 g/mol. The van der Waals surface area contributed by atoms with Crippen molar-refractivity contribution in [3.63, 3.8) is 0 Å². The van der Waals surface area contributed by atoms with Crippen LogP contribution in [0.4, 0.5) is 0 Å². The number of benzene rings is 1. The molecule has 0 radical (unpaired) electrons. The van der Waals surface area contributed by atoms with E-state index in [1.807, 2.05) is 12.1 Å². The molecule has 0 N–H and O–H groups in total. The van der Waals surface area contributed by atoms with E-state index in [9.17, 15) is 0 Å². The molecule has 19 heavy (non-hydrogen) atoms. The summed E-state index contributed by atoms with van der Waals surface area (Å²) in [7, 11) is 0. The van der Waals surface area contributed by atoms with Crippen LogP contribution in [0.2, 0.25) is 5.02 Å². The third-order valence-corrected chi connectivity index (χ3v) is 5.80. The SMILES string of the molecule is CCC(C)(C)C(Br)c1cc2c(cc1Cl)OCCCO2. The quantitative estimate of drug-likeness (QED) is 0.684. The van der Waals surface area contributed by atoms with Crippen LogP contribution in [0.5, 0.6) is 11.5 Å². The molecule has 4 heteroatoms. The number of hydrogen-bond donors (Lipinski definition) is 0. The van der Waals surface area contributed by atoms with Crippen LogP contribution in [-0.4, -0.2) is 13.2 Å². The summed E-state index contributed by atoms with van der Waals surface area (Å²) in [5.74, 6) is 1.55. The van der Waals surface area contributed by atoms with E-state index in [4.69, 9.17) is 21.1 Å². The normalized spacial score (nSPS) is 16.9. The van der Waals surface area contributed by atoms with E-state index in [1.54, 1.807) is 0 Å². The van der Waals surface area contributed by atoms with Gasteiger partial charge in [0.1, 0.15) is 0 Å². The van der Waals surface area contributed by atoms with E-state index in [-0.39, 0.29) is 10.2 Å². The maximum atomic E-state index is 6.41. The molecule has 0 aliphatic carbocycles. The van der Waals surface area contributed by atoms with Gasteiger partial charge in [0.25, 0.3) is 0 Å². The van der Waals surface area contributed by atoms with Crippen LogP contribution in [0.15, 0.2) is 12.1 Å². The monoisotopic (exact) mass is 346 g/mol. The standard InChI is InChI=1S/C15H20BrClO2/c1-4-15(2,3)14(16)10-8-12-13(9-11(10)17)19-7-5-6-18-12/h8-9,14H,4-7H2,1-3H3. The molecule has 1 aliphatic heterocycles. The van der Waals surface area contributed by atoms with Crippen molar-refractivity contribution in [1.82, 2.24) is 0 Å². The van der Waals surface area contributed by atoms with Crippen molar-refractivity contribution in [3.05, 3.63) is 22.7 Å². The fourth-order valence-electron chi connectivity index (χ4n) is 1.99. The number of halogens is 2. The summed E-state index contributed by atoms with van der Waals surface area (Å²) in [6.45, 7) is 8.02. The Morgan fingerprint density at radius 3 is 2.42 bits per heavy atom. The van der Waals surface area contributed by atoms with Crippen molar-refractivity contribution in [1.29, 1.82) is 0 Å². The lowest BCUT2D eigenvalue weighted by Crippen LogP contribution is -2.17. The Morgan fingerprint density at radius 2 is 1.84 bits per heavy atom. The van der Waals surface area contributed by atoms with Crippen molar-refractivity contribution in [2.24, 2.45) is 5.41 Å². The van der Waals surface area contributed by atoms with E-state index in [1.165, 1.54) is 0 Å². The highest BCUT2D eigenvalue weighted by Gasteiger charge is 2.29. The maximum Gasteiger partial charge on any atom is 0.162 e. The summed E-state index contributed by atoms with van der Waals surface area (Å²) in [5, 5.41) is 0.729. The van der Waals surface area contributed by atoms with Gasteiger partial charge in [-0.25, -0.2) is 0 Å². The molecule has 2 nitrogen and oxygen atoms in total. The molecule has 0 spiro atoms. The molecule has 0 bridgehead atoms. The largest absolute Gasteiger partial charge is 0.490 e. The molecule has 0 saturated heterocycles. The molecule has 1 aliphatic rings. The molecule has 1 aromatic rings. The molecule has 0 fully saturated rings. The van der Waals surface area contributed by atoms with Gasteiger partial charge >= 0.3 is 0 Å². The topological polar surface area (TPSA) is 18.5 Å². The Balaban J connectivity index is 2.39. The first-order chi connectivity index (χ1) is 8.95. The third kappa shape index (κ3) is 3.19. The number of ether oxygens (including phenoxy) is 2. The number of rotatable bonds is 3. The van der Waals surface area contributed by atoms with E-state index >= 15 is 0 Å². The zero-order valence-corrected chi connectivity index (χ0v) is 14.0. The predicted molar refractivity (Wildman–Crippen MR) is 82.8 cm³/mol. The summed E-state index contributed by atoms with van der Waals surface area (Å²) in [6.07, 6.45) is 1.97. The van der Waals surface area contributed by atoms with Crippen molar-refractivity contribution in [2.45, 2.75) is 38.4 Å². The van der Waals surface area contributed by atoms with Gasteiger partial charge in [-0.05, 0) is 23.5 Å². The van der Waals surface area contributed by atoms with Gasteiger partial charge in [0.15, 0.2) is 11.5 Å². The molecule has 1 atom stereocenters. The van der Waals surface area contributed by atoms with Crippen molar-refractivity contribution in [3.8, 4) is 11.5 Å². The predicted octanol–water partition coefficient (Wildman–Crippen LogP) is 5.37. The fraction of sp³-hybridized carbons (Fsp3) is 0.600. The third-order valence-electron chi connectivity index (χ3n) is 3.74. The average Bonchev–Trinajstić information content (AvgIpc) is 2.61. The maximum absolute atomic E-state index is 6.41. The lowest BCUT2D eigenvalue weighted by Gasteiger charge is -2.30. The first-order valence-corrected chi connectivity index (χ1v) is 7.98. The highest BCUT2D eigenvalue weighted by atomic mass is 79.9. The minimum atomic E-state index is 0.128. The van der Waals surface area contributed by atoms with Crippen LogP contribution in [0.3, 0.4) is 0 Å². The molecule has 1 unspecified atom stereocenters. The lowest BCUT2D eigenvalue weighted by atomic mass is 9.83. The van der Waals surface area contributed by atoms with Crippen LogP contribution in [-0.2, 0) is 0 Å².